The van der Waals surface area contributed by atoms with Gasteiger partial charge in [-0.05, 0) is 24.6 Å². The van der Waals surface area contributed by atoms with Crippen molar-refractivity contribution in [1.29, 1.82) is 0 Å². The van der Waals surface area contributed by atoms with Crippen molar-refractivity contribution < 1.29 is 0 Å². The third-order valence-electron chi connectivity index (χ3n) is 2.93. The molecule has 0 saturated carbocycles. The smallest absolute Gasteiger partial charge is 0.225 e. The van der Waals surface area contributed by atoms with Crippen molar-refractivity contribution in [3.8, 4) is 0 Å². The van der Waals surface area contributed by atoms with E-state index >= 15 is 0 Å². The number of aromatic nitrogens is 3. The fourth-order valence-electron chi connectivity index (χ4n) is 1.88. The molecule has 0 aliphatic heterocycles. The van der Waals surface area contributed by atoms with Crippen molar-refractivity contribution in [2.75, 3.05) is 18.5 Å². The van der Waals surface area contributed by atoms with Gasteiger partial charge in [0.05, 0.1) is 0 Å². The van der Waals surface area contributed by atoms with E-state index < -0.39 is 0 Å². The van der Waals surface area contributed by atoms with E-state index in [2.05, 4.69) is 27.2 Å². The van der Waals surface area contributed by atoms with Crippen molar-refractivity contribution in [2.45, 2.75) is 26.4 Å². The standard InChI is InChI=1S/C15H21N5/c1-3-6-16-9-14-10-18-15(19-11-14)20(2)12-13-5-4-7-17-8-13/h4-5,7-8,10-11,16H,3,6,9,12H2,1-2H3. The zero-order valence-electron chi connectivity index (χ0n) is 12.1. The second kappa shape index (κ2) is 7.55. The van der Waals surface area contributed by atoms with E-state index in [-0.39, 0.29) is 0 Å². The minimum atomic E-state index is 0.730. The third-order valence-corrected chi connectivity index (χ3v) is 2.93. The Hall–Kier alpha value is -2.01. The maximum absolute atomic E-state index is 4.41. The highest BCUT2D eigenvalue weighted by atomic mass is 15.2. The van der Waals surface area contributed by atoms with E-state index in [1.807, 2.05) is 42.7 Å². The van der Waals surface area contributed by atoms with E-state index in [9.17, 15) is 0 Å². The molecule has 0 aromatic carbocycles. The molecule has 0 spiro atoms. The predicted octanol–water partition coefficient (Wildman–Crippen LogP) is 2.01. The Kier molecular flexibility index (Phi) is 5.43. The highest BCUT2D eigenvalue weighted by Gasteiger charge is 2.05. The Balaban J connectivity index is 1.92. The molecule has 5 nitrogen and oxygen atoms in total. The van der Waals surface area contributed by atoms with Crippen LogP contribution in [0.1, 0.15) is 24.5 Å². The first-order chi connectivity index (χ1) is 9.79. The maximum atomic E-state index is 4.41. The molecule has 20 heavy (non-hydrogen) atoms. The molecule has 2 aromatic heterocycles. The SMILES string of the molecule is CCCNCc1cnc(N(C)Cc2cccnc2)nc1. The van der Waals surface area contributed by atoms with Crippen molar-refractivity contribution in [1.82, 2.24) is 20.3 Å². The van der Waals surface area contributed by atoms with E-state index in [1.165, 1.54) is 0 Å². The lowest BCUT2D eigenvalue weighted by molar-refractivity contribution is 0.671. The van der Waals surface area contributed by atoms with Crippen LogP contribution in [0.2, 0.25) is 0 Å². The van der Waals surface area contributed by atoms with E-state index in [1.54, 1.807) is 6.20 Å². The van der Waals surface area contributed by atoms with Gasteiger partial charge in [-0.1, -0.05) is 13.0 Å². The van der Waals surface area contributed by atoms with Gasteiger partial charge >= 0.3 is 0 Å². The lowest BCUT2D eigenvalue weighted by atomic mass is 10.3. The summed E-state index contributed by atoms with van der Waals surface area (Å²) in [7, 11) is 1.98. The van der Waals surface area contributed by atoms with Crippen molar-refractivity contribution in [3.05, 3.63) is 48.0 Å². The van der Waals surface area contributed by atoms with Crippen LogP contribution in [0.4, 0.5) is 5.95 Å². The monoisotopic (exact) mass is 271 g/mol. The molecule has 2 rings (SSSR count). The van der Waals surface area contributed by atoms with Gasteiger partial charge in [0.15, 0.2) is 0 Å². The number of nitrogens with one attached hydrogen (secondary N) is 1. The van der Waals surface area contributed by atoms with Gasteiger partial charge in [-0.3, -0.25) is 4.98 Å². The molecular formula is C15H21N5. The highest BCUT2D eigenvalue weighted by molar-refractivity contribution is 5.30. The quantitative estimate of drug-likeness (QED) is 0.781. The summed E-state index contributed by atoms with van der Waals surface area (Å²) in [5.74, 6) is 0.730. The Morgan fingerprint density at radius 1 is 1.15 bits per heavy atom. The number of hydrogen-bond acceptors (Lipinski definition) is 5. The van der Waals surface area contributed by atoms with Crippen LogP contribution in [-0.4, -0.2) is 28.5 Å². The summed E-state index contributed by atoms with van der Waals surface area (Å²) in [6.07, 6.45) is 8.53. The Morgan fingerprint density at radius 3 is 2.60 bits per heavy atom. The van der Waals surface area contributed by atoms with Crippen LogP contribution < -0.4 is 10.2 Å². The number of nitrogens with zero attached hydrogens (tertiary/aromatic N) is 4. The van der Waals surface area contributed by atoms with Gasteiger partial charge in [-0.2, -0.15) is 0 Å². The van der Waals surface area contributed by atoms with Gasteiger partial charge in [0, 0.05) is 50.5 Å². The minimum Gasteiger partial charge on any atom is -0.340 e. The topological polar surface area (TPSA) is 53.9 Å². The lowest BCUT2D eigenvalue weighted by Gasteiger charge is -2.16. The molecule has 0 fully saturated rings. The minimum absolute atomic E-state index is 0.730. The largest absolute Gasteiger partial charge is 0.340 e. The first-order valence-electron chi connectivity index (χ1n) is 6.91. The molecule has 0 bridgehead atoms. The predicted molar refractivity (Wildman–Crippen MR) is 80.4 cm³/mol. The average Bonchev–Trinajstić information content (AvgIpc) is 2.49. The molecule has 0 atom stereocenters. The normalized spacial score (nSPS) is 10.5. The van der Waals surface area contributed by atoms with Gasteiger partial charge in [-0.15, -0.1) is 0 Å². The number of hydrogen-bond donors (Lipinski definition) is 1. The average molecular weight is 271 g/mol. The molecule has 5 heteroatoms. The van der Waals surface area contributed by atoms with Crippen LogP contribution in [0.15, 0.2) is 36.9 Å². The summed E-state index contributed by atoms with van der Waals surface area (Å²) in [5.41, 5.74) is 2.25. The van der Waals surface area contributed by atoms with E-state index in [0.29, 0.717) is 0 Å². The van der Waals surface area contributed by atoms with Crippen LogP contribution >= 0.6 is 0 Å². The third kappa shape index (κ3) is 4.28. The Morgan fingerprint density at radius 2 is 1.95 bits per heavy atom. The van der Waals surface area contributed by atoms with Crippen LogP contribution in [0.3, 0.4) is 0 Å². The van der Waals surface area contributed by atoms with Crippen LogP contribution in [-0.2, 0) is 13.1 Å². The molecular weight excluding hydrogens is 250 g/mol. The van der Waals surface area contributed by atoms with E-state index in [0.717, 1.165) is 43.1 Å². The van der Waals surface area contributed by atoms with Gasteiger partial charge < -0.3 is 10.2 Å². The van der Waals surface area contributed by atoms with Gasteiger partial charge in [0.2, 0.25) is 5.95 Å². The summed E-state index contributed by atoms with van der Waals surface area (Å²) in [6, 6.07) is 3.99. The fraction of sp³-hybridized carbons (Fsp3) is 0.400. The molecule has 106 valence electrons. The number of pyridine rings is 1. The zero-order valence-corrected chi connectivity index (χ0v) is 12.1. The molecule has 2 aromatic rings. The first-order valence-corrected chi connectivity index (χ1v) is 6.91. The summed E-state index contributed by atoms with van der Waals surface area (Å²) < 4.78 is 0. The summed E-state index contributed by atoms with van der Waals surface area (Å²) >= 11 is 0. The Bertz CT molecular complexity index is 497. The summed E-state index contributed by atoms with van der Waals surface area (Å²) in [4.78, 5) is 14.9. The fourth-order valence-corrected chi connectivity index (χ4v) is 1.88. The first kappa shape index (κ1) is 14.4. The second-order valence-electron chi connectivity index (χ2n) is 4.79. The van der Waals surface area contributed by atoms with Crippen LogP contribution in [0.25, 0.3) is 0 Å². The van der Waals surface area contributed by atoms with Crippen LogP contribution in [0.5, 0.6) is 0 Å². The molecule has 0 aliphatic carbocycles. The second-order valence-corrected chi connectivity index (χ2v) is 4.79. The lowest BCUT2D eigenvalue weighted by Crippen LogP contribution is -2.20. The molecule has 0 aliphatic rings. The van der Waals surface area contributed by atoms with Gasteiger partial charge in [0.25, 0.3) is 0 Å². The molecule has 2 heterocycles. The molecule has 0 saturated heterocycles. The van der Waals surface area contributed by atoms with Gasteiger partial charge in [0.1, 0.15) is 0 Å². The highest BCUT2D eigenvalue weighted by Crippen LogP contribution is 2.09. The summed E-state index contributed by atoms with van der Waals surface area (Å²) in [5, 5.41) is 3.34. The maximum Gasteiger partial charge on any atom is 0.225 e. The Labute approximate surface area is 120 Å². The molecule has 1 N–H and O–H groups in total. The van der Waals surface area contributed by atoms with Gasteiger partial charge in [-0.25, -0.2) is 9.97 Å². The summed E-state index contributed by atoms with van der Waals surface area (Å²) in [6.45, 7) is 4.74. The number of rotatable bonds is 7. The van der Waals surface area contributed by atoms with Crippen molar-refractivity contribution >= 4 is 5.95 Å². The molecule has 0 radical (unpaired) electrons. The van der Waals surface area contributed by atoms with Crippen molar-refractivity contribution in [3.63, 3.8) is 0 Å². The molecule has 0 amide bonds. The van der Waals surface area contributed by atoms with Crippen LogP contribution in [0, 0.1) is 0 Å². The molecule has 0 unspecified atom stereocenters. The van der Waals surface area contributed by atoms with Crippen molar-refractivity contribution in [2.24, 2.45) is 0 Å². The van der Waals surface area contributed by atoms with E-state index in [4.69, 9.17) is 0 Å². The zero-order chi connectivity index (χ0) is 14.2. The number of anilines is 1.